The number of carboxylic acid groups (broad SMARTS) is 1. The van der Waals surface area contributed by atoms with Gasteiger partial charge in [-0.1, -0.05) is 0 Å². The molecule has 0 amide bonds. The van der Waals surface area contributed by atoms with E-state index in [-0.39, 0.29) is 11.3 Å². The first-order valence-electron chi connectivity index (χ1n) is 6.33. The number of phenols is 1. The number of aromatic nitrogens is 2. The third-order valence-electron chi connectivity index (χ3n) is 2.96. The smallest absolute Gasteiger partial charge is 0.339 e. The number of carbonyl (C=O) groups is 1. The van der Waals surface area contributed by atoms with Crippen LogP contribution in [-0.4, -0.2) is 26.2 Å². The lowest BCUT2D eigenvalue weighted by Gasteiger charge is -2.05. The van der Waals surface area contributed by atoms with Gasteiger partial charge in [-0.15, -0.1) is 11.3 Å². The predicted molar refractivity (Wildman–Crippen MR) is 83.7 cm³/mol. The number of nitrogens with one attached hydrogen (secondary N) is 1. The minimum absolute atomic E-state index is 0.137. The van der Waals surface area contributed by atoms with Crippen molar-refractivity contribution in [2.75, 3.05) is 5.32 Å². The lowest BCUT2D eigenvalue weighted by Crippen LogP contribution is -1.97. The zero-order valence-electron chi connectivity index (χ0n) is 11.2. The third kappa shape index (κ3) is 2.89. The number of aromatic carboxylic acids is 1. The van der Waals surface area contributed by atoms with E-state index in [2.05, 4.69) is 15.3 Å². The molecule has 2 heterocycles. The van der Waals surface area contributed by atoms with Gasteiger partial charge in [0, 0.05) is 35.1 Å². The highest BCUT2D eigenvalue weighted by atomic mass is 32.1. The van der Waals surface area contributed by atoms with E-state index in [9.17, 15) is 9.90 Å². The summed E-state index contributed by atoms with van der Waals surface area (Å²) >= 11 is 1.41. The van der Waals surface area contributed by atoms with Gasteiger partial charge < -0.3 is 15.5 Å². The molecule has 0 fully saturated rings. The monoisotopic (exact) mass is 313 g/mol. The highest BCUT2D eigenvalue weighted by Crippen LogP contribution is 2.29. The molecule has 0 atom stereocenters. The Morgan fingerprint density at radius 2 is 1.95 bits per heavy atom. The SMILES string of the molecule is O=C(O)c1ccc(Nc2nc(-c3ccncc3)cs2)cc1O. The molecule has 0 aliphatic heterocycles. The maximum atomic E-state index is 10.9. The Morgan fingerprint density at radius 3 is 2.64 bits per heavy atom. The molecule has 22 heavy (non-hydrogen) atoms. The first-order chi connectivity index (χ1) is 10.6. The van der Waals surface area contributed by atoms with Crippen molar-refractivity contribution in [2.45, 2.75) is 0 Å². The lowest BCUT2D eigenvalue weighted by molar-refractivity contribution is 0.0694. The van der Waals surface area contributed by atoms with Crippen LogP contribution in [0.15, 0.2) is 48.1 Å². The van der Waals surface area contributed by atoms with Gasteiger partial charge in [-0.2, -0.15) is 0 Å². The summed E-state index contributed by atoms with van der Waals surface area (Å²) in [5.41, 5.74) is 2.21. The van der Waals surface area contributed by atoms with Crippen molar-refractivity contribution in [1.29, 1.82) is 0 Å². The summed E-state index contributed by atoms with van der Waals surface area (Å²) in [6.07, 6.45) is 3.40. The summed E-state index contributed by atoms with van der Waals surface area (Å²) < 4.78 is 0. The number of hydrogen-bond acceptors (Lipinski definition) is 6. The molecule has 0 saturated carbocycles. The first kappa shape index (κ1) is 14.0. The van der Waals surface area contributed by atoms with Crippen LogP contribution >= 0.6 is 11.3 Å². The van der Waals surface area contributed by atoms with Gasteiger partial charge in [-0.3, -0.25) is 4.98 Å². The normalized spacial score (nSPS) is 10.4. The van der Waals surface area contributed by atoms with Crippen LogP contribution in [-0.2, 0) is 0 Å². The molecule has 0 saturated heterocycles. The van der Waals surface area contributed by atoms with Gasteiger partial charge in [0.25, 0.3) is 0 Å². The standard InChI is InChI=1S/C15H11N3O3S/c19-13-7-10(1-2-11(13)14(20)21)17-15-18-12(8-22-15)9-3-5-16-6-4-9/h1-8,19H,(H,17,18)(H,20,21). The summed E-state index contributed by atoms with van der Waals surface area (Å²) in [5.74, 6) is -1.46. The van der Waals surface area contributed by atoms with Gasteiger partial charge >= 0.3 is 5.97 Å². The van der Waals surface area contributed by atoms with E-state index < -0.39 is 5.97 Å². The molecule has 0 unspecified atom stereocenters. The molecule has 3 rings (SSSR count). The molecule has 0 aliphatic carbocycles. The molecule has 6 nitrogen and oxygen atoms in total. The van der Waals surface area contributed by atoms with Crippen molar-refractivity contribution < 1.29 is 15.0 Å². The topological polar surface area (TPSA) is 95.3 Å². The highest BCUT2D eigenvalue weighted by molar-refractivity contribution is 7.14. The zero-order chi connectivity index (χ0) is 15.5. The quantitative estimate of drug-likeness (QED) is 0.683. The van der Waals surface area contributed by atoms with Crippen LogP contribution in [0.25, 0.3) is 11.3 Å². The third-order valence-corrected chi connectivity index (χ3v) is 3.72. The molecular weight excluding hydrogens is 302 g/mol. The predicted octanol–water partition coefficient (Wildman–Crippen LogP) is 3.35. The van der Waals surface area contributed by atoms with Crippen molar-refractivity contribution in [3.63, 3.8) is 0 Å². The summed E-state index contributed by atoms with van der Waals surface area (Å²) in [5, 5.41) is 24.2. The molecule has 0 spiro atoms. The van der Waals surface area contributed by atoms with E-state index >= 15 is 0 Å². The summed E-state index contributed by atoms with van der Waals surface area (Å²) in [7, 11) is 0. The maximum absolute atomic E-state index is 10.9. The Balaban J connectivity index is 1.81. The van der Waals surface area contributed by atoms with E-state index in [1.807, 2.05) is 17.5 Å². The van der Waals surface area contributed by atoms with Gasteiger partial charge in [0.1, 0.15) is 11.3 Å². The fraction of sp³-hybridized carbons (Fsp3) is 0. The molecule has 7 heteroatoms. The number of anilines is 2. The lowest BCUT2D eigenvalue weighted by atomic mass is 10.2. The van der Waals surface area contributed by atoms with Crippen molar-refractivity contribution >= 4 is 28.1 Å². The Kier molecular flexibility index (Phi) is 3.71. The number of nitrogens with zero attached hydrogens (tertiary/aromatic N) is 2. The molecule has 3 N–H and O–H groups in total. The Hall–Kier alpha value is -2.93. The van der Waals surface area contributed by atoms with Gasteiger partial charge in [0.15, 0.2) is 5.13 Å². The van der Waals surface area contributed by atoms with Crippen molar-refractivity contribution in [3.8, 4) is 17.0 Å². The van der Waals surface area contributed by atoms with Crippen LogP contribution in [0.2, 0.25) is 0 Å². The Bertz CT molecular complexity index is 818. The second-order valence-electron chi connectivity index (χ2n) is 4.44. The van der Waals surface area contributed by atoms with Gasteiger partial charge in [-0.25, -0.2) is 9.78 Å². The van der Waals surface area contributed by atoms with Crippen LogP contribution in [0.5, 0.6) is 5.75 Å². The molecule has 110 valence electrons. The number of carboxylic acids is 1. The molecule has 3 aromatic rings. The molecule has 0 bridgehead atoms. The molecule has 1 aromatic carbocycles. The largest absolute Gasteiger partial charge is 0.507 e. The van der Waals surface area contributed by atoms with Gasteiger partial charge in [0.05, 0.1) is 5.69 Å². The molecular formula is C15H11N3O3S. The Morgan fingerprint density at radius 1 is 1.18 bits per heavy atom. The number of aromatic hydroxyl groups is 1. The van der Waals surface area contributed by atoms with Crippen molar-refractivity contribution in [3.05, 3.63) is 53.7 Å². The van der Waals surface area contributed by atoms with Crippen LogP contribution in [0, 0.1) is 0 Å². The van der Waals surface area contributed by atoms with Gasteiger partial charge in [-0.05, 0) is 24.3 Å². The molecule has 0 aliphatic rings. The second-order valence-corrected chi connectivity index (χ2v) is 5.29. The minimum Gasteiger partial charge on any atom is -0.507 e. The van der Waals surface area contributed by atoms with Crippen LogP contribution in [0.3, 0.4) is 0 Å². The average Bonchev–Trinajstić information content (AvgIpc) is 2.96. The first-order valence-corrected chi connectivity index (χ1v) is 7.21. The van der Waals surface area contributed by atoms with Crippen LogP contribution in [0.1, 0.15) is 10.4 Å². The summed E-state index contributed by atoms with van der Waals surface area (Å²) in [6, 6.07) is 8.02. The van der Waals surface area contributed by atoms with Crippen molar-refractivity contribution in [2.24, 2.45) is 0 Å². The zero-order valence-corrected chi connectivity index (χ0v) is 12.0. The van der Waals surface area contributed by atoms with Crippen LogP contribution < -0.4 is 5.32 Å². The molecule has 2 aromatic heterocycles. The molecule has 0 radical (unpaired) electrons. The van der Waals surface area contributed by atoms with Crippen LogP contribution in [0.4, 0.5) is 10.8 Å². The fourth-order valence-electron chi connectivity index (χ4n) is 1.90. The van der Waals surface area contributed by atoms with E-state index in [0.29, 0.717) is 10.8 Å². The number of benzene rings is 1. The number of thiazole rings is 1. The fourth-order valence-corrected chi connectivity index (χ4v) is 2.64. The summed E-state index contributed by atoms with van der Waals surface area (Å²) in [6.45, 7) is 0. The number of pyridine rings is 1. The minimum atomic E-state index is -1.17. The van der Waals surface area contributed by atoms with Gasteiger partial charge in [0.2, 0.25) is 0 Å². The van der Waals surface area contributed by atoms with Crippen molar-refractivity contribution in [1.82, 2.24) is 9.97 Å². The number of hydrogen-bond donors (Lipinski definition) is 3. The average molecular weight is 313 g/mol. The maximum Gasteiger partial charge on any atom is 0.339 e. The highest BCUT2D eigenvalue weighted by Gasteiger charge is 2.10. The van der Waals surface area contributed by atoms with E-state index in [1.54, 1.807) is 18.5 Å². The van der Waals surface area contributed by atoms with E-state index in [0.717, 1.165) is 11.3 Å². The van der Waals surface area contributed by atoms with E-state index in [4.69, 9.17) is 5.11 Å². The second kappa shape index (κ2) is 5.82. The van der Waals surface area contributed by atoms with E-state index in [1.165, 1.54) is 23.5 Å². The Labute approximate surface area is 129 Å². The summed E-state index contributed by atoms with van der Waals surface area (Å²) in [4.78, 5) is 19.3. The number of rotatable bonds is 4.